The Morgan fingerprint density at radius 2 is 2.26 bits per heavy atom. The zero-order valence-electron chi connectivity index (χ0n) is 9.89. The number of carbonyl (C=O) groups excluding carboxylic acids is 1. The Morgan fingerprint density at radius 3 is 2.95 bits per heavy atom. The van der Waals surface area contributed by atoms with Gasteiger partial charge in [-0.2, -0.15) is 4.72 Å². The molecule has 0 bridgehead atoms. The normalized spacial score (nSPS) is 20.1. The van der Waals surface area contributed by atoms with Crippen LogP contribution in [0.4, 0.5) is 5.82 Å². The molecular weight excluding hydrogens is 336 g/mol. The van der Waals surface area contributed by atoms with Crippen molar-refractivity contribution in [2.24, 2.45) is 0 Å². The topological polar surface area (TPSA) is 114 Å². The van der Waals surface area contributed by atoms with Gasteiger partial charge in [0.1, 0.15) is 16.8 Å². The minimum Gasteiger partial charge on any atom is -0.383 e. The number of nitrogen functional groups attached to an aromatic ring is 1. The fourth-order valence-electron chi connectivity index (χ4n) is 1.78. The second-order valence-corrected chi connectivity index (χ2v) is 6.74. The summed E-state index contributed by atoms with van der Waals surface area (Å²) in [6.07, 6.45) is 2.60. The summed E-state index contributed by atoms with van der Waals surface area (Å²) in [5.41, 5.74) is 5.56. The highest BCUT2D eigenvalue weighted by Gasteiger charge is 2.29. The second kappa shape index (κ2) is 5.43. The molecule has 2 heterocycles. The molecule has 1 atom stereocenters. The number of nitrogens with one attached hydrogen (secondary N) is 2. The van der Waals surface area contributed by atoms with Crippen molar-refractivity contribution < 1.29 is 13.2 Å². The summed E-state index contributed by atoms with van der Waals surface area (Å²) in [5, 5.41) is 2.61. The Hall–Kier alpha value is -1.19. The number of nitrogens with zero attached hydrogens (tertiary/aromatic N) is 1. The van der Waals surface area contributed by atoms with Gasteiger partial charge in [-0.05, 0) is 34.8 Å². The standard InChI is InChI=1S/C10H13BrN4O3S/c11-6-4-8(9(12)14-5-6)19(17,18)15-7-2-1-3-13-10(7)16/h4-5,7,15H,1-3H2,(H2,12,14)(H,13,16). The molecule has 104 valence electrons. The molecule has 4 N–H and O–H groups in total. The van der Waals surface area contributed by atoms with E-state index in [-0.39, 0.29) is 16.6 Å². The molecule has 0 spiro atoms. The van der Waals surface area contributed by atoms with Crippen molar-refractivity contribution in [1.82, 2.24) is 15.0 Å². The van der Waals surface area contributed by atoms with Gasteiger partial charge in [-0.15, -0.1) is 0 Å². The van der Waals surface area contributed by atoms with Crippen molar-refractivity contribution >= 4 is 37.7 Å². The minimum atomic E-state index is -3.87. The third-order valence-electron chi connectivity index (χ3n) is 2.72. The molecule has 9 heteroatoms. The summed E-state index contributed by atoms with van der Waals surface area (Å²) in [5.74, 6) is -0.428. The van der Waals surface area contributed by atoms with Crippen LogP contribution in [0.5, 0.6) is 0 Å². The van der Waals surface area contributed by atoms with Gasteiger partial charge in [0, 0.05) is 17.2 Å². The quantitative estimate of drug-likeness (QED) is 0.710. The molecule has 1 aliphatic heterocycles. The Balaban J connectivity index is 2.27. The zero-order chi connectivity index (χ0) is 14.0. The number of nitrogens with two attached hydrogens (primary N) is 1. The van der Waals surface area contributed by atoms with Crippen molar-refractivity contribution in [2.75, 3.05) is 12.3 Å². The molecule has 0 aromatic carbocycles. The number of hydrogen-bond acceptors (Lipinski definition) is 5. The van der Waals surface area contributed by atoms with Gasteiger partial charge in [-0.1, -0.05) is 0 Å². The number of pyridine rings is 1. The van der Waals surface area contributed by atoms with Gasteiger partial charge in [0.25, 0.3) is 0 Å². The number of anilines is 1. The number of rotatable bonds is 3. The highest BCUT2D eigenvalue weighted by Crippen LogP contribution is 2.21. The van der Waals surface area contributed by atoms with Crippen LogP contribution in [0.15, 0.2) is 21.6 Å². The van der Waals surface area contributed by atoms with Gasteiger partial charge in [0.05, 0.1) is 0 Å². The van der Waals surface area contributed by atoms with Crippen LogP contribution in [0.25, 0.3) is 0 Å². The molecule has 0 radical (unpaired) electrons. The molecule has 2 rings (SSSR count). The van der Waals surface area contributed by atoms with Gasteiger partial charge in [0.15, 0.2) is 0 Å². The molecule has 1 aromatic heterocycles. The lowest BCUT2D eigenvalue weighted by Gasteiger charge is -2.22. The molecule has 7 nitrogen and oxygen atoms in total. The maximum Gasteiger partial charge on any atom is 0.244 e. The van der Waals surface area contributed by atoms with Crippen LogP contribution in [0.2, 0.25) is 0 Å². The number of carbonyl (C=O) groups is 1. The van der Waals surface area contributed by atoms with Crippen molar-refractivity contribution in [3.8, 4) is 0 Å². The molecule has 19 heavy (non-hydrogen) atoms. The number of halogens is 1. The van der Waals surface area contributed by atoms with Gasteiger partial charge >= 0.3 is 0 Å². The lowest BCUT2D eigenvalue weighted by Crippen LogP contribution is -2.50. The number of aromatic nitrogens is 1. The first-order valence-electron chi connectivity index (χ1n) is 5.61. The molecule has 1 amide bonds. The third-order valence-corrected chi connectivity index (χ3v) is 4.66. The molecule has 1 saturated heterocycles. The summed E-state index contributed by atoms with van der Waals surface area (Å²) in [7, 11) is -3.87. The largest absolute Gasteiger partial charge is 0.383 e. The number of sulfonamides is 1. The highest BCUT2D eigenvalue weighted by molar-refractivity contribution is 9.10. The summed E-state index contributed by atoms with van der Waals surface area (Å²) in [6.45, 7) is 0.567. The van der Waals surface area contributed by atoms with Crippen molar-refractivity contribution in [2.45, 2.75) is 23.8 Å². The Labute approximate surface area is 119 Å². The third kappa shape index (κ3) is 3.23. The van der Waals surface area contributed by atoms with E-state index < -0.39 is 16.1 Å². The van der Waals surface area contributed by atoms with Crippen LogP contribution in [0, 0.1) is 0 Å². The molecule has 0 aliphatic carbocycles. The number of hydrogen-bond donors (Lipinski definition) is 3. The van der Waals surface area contributed by atoms with E-state index in [4.69, 9.17) is 5.73 Å². The lowest BCUT2D eigenvalue weighted by atomic mass is 10.1. The van der Waals surface area contributed by atoms with Crippen molar-refractivity contribution in [3.05, 3.63) is 16.7 Å². The average molecular weight is 349 g/mol. The van der Waals surface area contributed by atoms with E-state index in [0.29, 0.717) is 17.4 Å². The predicted octanol–water partition coefficient (Wildman–Crippen LogP) is -0.0168. The molecule has 0 saturated carbocycles. The molecule has 1 unspecified atom stereocenters. The average Bonchev–Trinajstić information content (AvgIpc) is 2.35. The minimum absolute atomic E-state index is 0.105. The Bertz CT molecular complexity index is 605. The van der Waals surface area contributed by atoms with Crippen molar-refractivity contribution in [1.29, 1.82) is 0 Å². The second-order valence-electron chi connectivity index (χ2n) is 4.14. The van der Waals surface area contributed by atoms with Crippen LogP contribution in [0.3, 0.4) is 0 Å². The molecule has 1 aliphatic rings. The Morgan fingerprint density at radius 1 is 1.53 bits per heavy atom. The maximum atomic E-state index is 12.2. The monoisotopic (exact) mass is 348 g/mol. The summed E-state index contributed by atoms with van der Waals surface area (Å²) < 4.78 is 27.2. The van der Waals surface area contributed by atoms with E-state index in [1.165, 1.54) is 12.3 Å². The summed E-state index contributed by atoms with van der Waals surface area (Å²) >= 11 is 3.14. The van der Waals surface area contributed by atoms with E-state index >= 15 is 0 Å². The van der Waals surface area contributed by atoms with E-state index in [9.17, 15) is 13.2 Å². The number of piperidine rings is 1. The molecule has 1 aromatic rings. The summed E-state index contributed by atoms with van der Waals surface area (Å²) in [4.78, 5) is 15.2. The van der Waals surface area contributed by atoms with E-state index in [2.05, 4.69) is 31.0 Å². The van der Waals surface area contributed by atoms with Crippen LogP contribution in [0.1, 0.15) is 12.8 Å². The molecule has 1 fully saturated rings. The van der Waals surface area contributed by atoms with E-state index in [0.717, 1.165) is 6.42 Å². The zero-order valence-corrected chi connectivity index (χ0v) is 12.3. The van der Waals surface area contributed by atoms with E-state index in [1.54, 1.807) is 0 Å². The maximum absolute atomic E-state index is 12.2. The van der Waals surface area contributed by atoms with E-state index in [1.807, 2.05) is 0 Å². The van der Waals surface area contributed by atoms with Gasteiger partial charge in [-0.3, -0.25) is 4.79 Å². The van der Waals surface area contributed by atoms with Crippen LogP contribution < -0.4 is 15.8 Å². The Kier molecular flexibility index (Phi) is 4.07. The fourth-order valence-corrected chi connectivity index (χ4v) is 3.60. The fraction of sp³-hybridized carbons (Fsp3) is 0.400. The SMILES string of the molecule is Nc1ncc(Br)cc1S(=O)(=O)NC1CCCNC1=O. The summed E-state index contributed by atoms with van der Waals surface area (Å²) in [6, 6.07) is 0.586. The van der Waals surface area contributed by atoms with Crippen molar-refractivity contribution in [3.63, 3.8) is 0 Å². The number of amides is 1. The highest BCUT2D eigenvalue weighted by atomic mass is 79.9. The lowest BCUT2D eigenvalue weighted by molar-refractivity contribution is -0.124. The van der Waals surface area contributed by atoms with Crippen LogP contribution >= 0.6 is 15.9 Å². The predicted molar refractivity (Wildman–Crippen MR) is 72.7 cm³/mol. The van der Waals surface area contributed by atoms with Gasteiger partial charge in [0.2, 0.25) is 15.9 Å². The van der Waals surface area contributed by atoms with Gasteiger partial charge in [-0.25, -0.2) is 13.4 Å². The first-order valence-corrected chi connectivity index (χ1v) is 7.89. The van der Waals surface area contributed by atoms with Crippen LogP contribution in [-0.4, -0.2) is 31.9 Å². The molecular formula is C10H13BrN4O3S. The van der Waals surface area contributed by atoms with Crippen LogP contribution in [-0.2, 0) is 14.8 Å². The van der Waals surface area contributed by atoms with Gasteiger partial charge < -0.3 is 11.1 Å². The smallest absolute Gasteiger partial charge is 0.244 e. The first kappa shape index (κ1) is 14.2. The first-order chi connectivity index (χ1) is 8.90.